The normalized spacial score (nSPS) is 15.5. The van der Waals surface area contributed by atoms with Gasteiger partial charge in [0.15, 0.2) is 0 Å². The smallest absolute Gasteiger partial charge is 0.257 e. The number of amides is 1. The minimum absolute atomic E-state index is 0.0341. The van der Waals surface area contributed by atoms with Gasteiger partial charge in [-0.3, -0.25) is 4.79 Å². The highest BCUT2D eigenvalue weighted by Gasteiger charge is 2.29. The lowest BCUT2D eigenvalue weighted by Gasteiger charge is -2.17. The maximum atomic E-state index is 12.9. The van der Waals surface area contributed by atoms with Gasteiger partial charge in [-0.25, -0.2) is 21.1 Å². The number of hydrogen-bond donors (Lipinski definition) is 1. The Balaban J connectivity index is 1.96. The van der Waals surface area contributed by atoms with E-state index in [1.165, 1.54) is 48.7 Å². The second kappa shape index (κ2) is 8.64. The van der Waals surface area contributed by atoms with E-state index in [0.717, 1.165) is 17.1 Å². The van der Waals surface area contributed by atoms with Crippen LogP contribution in [0.25, 0.3) is 0 Å². The third-order valence-corrected chi connectivity index (χ3v) is 8.88. The molecule has 0 atom stereocenters. The van der Waals surface area contributed by atoms with Crippen molar-refractivity contribution in [1.82, 2.24) is 8.61 Å². The Kier molecular flexibility index (Phi) is 6.54. The largest absolute Gasteiger partial charge is 0.321 e. The Bertz CT molecular complexity index is 1170. The minimum atomic E-state index is -3.80. The number of anilines is 1. The molecule has 2 aromatic rings. The van der Waals surface area contributed by atoms with Gasteiger partial charge in [0.2, 0.25) is 20.0 Å². The molecule has 3 rings (SSSR count). The van der Waals surface area contributed by atoms with E-state index >= 15 is 0 Å². The van der Waals surface area contributed by atoms with Crippen molar-refractivity contribution < 1.29 is 21.6 Å². The van der Waals surface area contributed by atoms with Crippen LogP contribution in [0.5, 0.6) is 0 Å². The number of sulfonamides is 2. The summed E-state index contributed by atoms with van der Waals surface area (Å²) in [6, 6.07) is 9.88. The molecule has 2 aromatic carbocycles. The summed E-state index contributed by atoms with van der Waals surface area (Å²) < 4.78 is 53.1. The highest BCUT2D eigenvalue weighted by Crippen LogP contribution is 2.28. The first-order valence-electron chi connectivity index (χ1n) is 9.18. The second-order valence-corrected chi connectivity index (χ2v) is 11.5. The molecule has 1 aliphatic rings. The van der Waals surface area contributed by atoms with Crippen molar-refractivity contribution in [3.8, 4) is 0 Å². The van der Waals surface area contributed by atoms with Gasteiger partial charge in [-0.1, -0.05) is 23.7 Å². The standard InChI is InChI=1S/C19H22ClN3O5S2/c1-22(2)30(27,28)18-8-4-3-7-17(18)21-19(24)15-13-14(9-10-16(15)20)29(25,26)23-11-5-6-12-23/h3-4,7-10,13H,5-6,11-12H2,1-2H3,(H,21,24). The van der Waals surface area contributed by atoms with E-state index in [1.807, 2.05) is 0 Å². The fourth-order valence-electron chi connectivity index (χ4n) is 3.10. The summed E-state index contributed by atoms with van der Waals surface area (Å²) in [5, 5.41) is 2.60. The molecule has 0 radical (unpaired) electrons. The van der Waals surface area contributed by atoms with E-state index in [-0.39, 0.29) is 26.1 Å². The van der Waals surface area contributed by atoms with Crippen LogP contribution < -0.4 is 5.32 Å². The zero-order valence-corrected chi connectivity index (χ0v) is 18.9. The van der Waals surface area contributed by atoms with Gasteiger partial charge >= 0.3 is 0 Å². The van der Waals surface area contributed by atoms with E-state index in [1.54, 1.807) is 12.1 Å². The highest BCUT2D eigenvalue weighted by molar-refractivity contribution is 7.89. The predicted octanol–water partition coefficient (Wildman–Crippen LogP) is 2.63. The number of halogens is 1. The molecular formula is C19H22ClN3O5S2. The summed E-state index contributed by atoms with van der Waals surface area (Å²) in [6.45, 7) is 0.866. The van der Waals surface area contributed by atoms with E-state index in [0.29, 0.717) is 13.1 Å². The lowest BCUT2D eigenvalue weighted by atomic mass is 10.2. The van der Waals surface area contributed by atoms with Crippen molar-refractivity contribution in [3.05, 3.63) is 53.1 Å². The summed E-state index contributed by atoms with van der Waals surface area (Å²) in [5.74, 6) is -0.708. The molecule has 1 amide bonds. The van der Waals surface area contributed by atoms with Gasteiger partial charge in [-0.15, -0.1) is 0 Å². The molecule has 0 saturated carbocycles. The maximum absolute atomic E-state index is 12.9. The summed E-state index contributed by atoms with van der Waals surface area (Å²) in [6.07, 6.45) is 1.58. The Morgan fingerprint density at radius 1 is 1.03 bits per heavy atom. The molecule has 0 aliphatic carbocycles. The van der Waals surface area contributed by atoms with E-state index in [2.05, 4.69) is 5.32 Å². The van der Waals surface area contributed by atoms with Crippen LogP contribution in [0.4, 0.5) is 5.69 Å². The molecule has 162 valence electrons. The van der Waals surface area contributed by atoms with Crippen LogP contribution in [0, 0.1) is 0 Å². The molecule has 11 heteroatoms. The molecule has 8 nitrogen and oxygen atoms in total. The topological polar surface area (TPSA) is 104 Å². The van der Waals surface area contributed by atoms with Crippen molar-refractivity contribution in [2.24, 2.45) is 0 Å². The van der Waals surface area contributed by atoms with Gasteiger partial charge in [0, 0.05) is 27.2 Å². The van der Waals surface area contributed by atoms with E-state index in [4.69, 9.17) is 11.6 Å². The number of nitrogens with zero attached hydrogens (tertiary/aromatic N) is 2. The Morgan fingerprint density at radius 2 is 1.67 bits per heavy atom. The number of rotatable bonds is 6. The average Bonchev–Trinajstić information content (AvgIpc) is 3.24. The second-order valence-electron chi connectivity index (χ2n) is 6.99. The first-order chi connectivity index (χ1) is 14.0. The van der Waals surface area contributed by atoms with Crippen molar-refractivity contribution in [2.45, 2.75) is 22.6 Å². The first-order valence-corrected chi connectivity index (χ1v) is 12.4. The summed E-state index contributed by atoms with van der Waals surface area (Å²) in [5.41, 5.74) is 0.00839. The molecule has 0 spiro atoms. The lowest BCUT2D eigenvalue weighted by molar-refractivity contribution is 0.102. The predicted molar refractivity (Wildman–Crippen MR) is 115 cm³/mol. The number of benzene rings is 2. The van der Waals surface area contributed by atoms with Crippen LogP contribution >= 0.6 is 11.6 Å². The molecule has 30 heavy (non-hydrogen) atoms. The molecule has 1 heterocycles. The number of para-hydroxylation sites is 1. The van der Waals surface area contributed by atoms with Gasteiger partial charge in [0.1, 0.15) is 4.90 Å². The van der Waals surface area contributed by atoms with Crippen molar-refractivity contribution >= 4 is 43.2 Å². The molecule has 1 fully saturated rings. The van der Waals surface area contributed by atoms with Crippen LogP contribution in [-0.4, -0.2) is 58.5 Å². The first kappa shape index (κ1) is 22.7. The van der Waals surface area contributed by atoms with Gasteiger partial charge in [0.25, 0.3) is 5.91 Å². The molecule has 0 unspecified atom stereocenters. The molecule has 1 N–H and O–H groups in total. The fraction of sp³-hybridized carbons (Fsp3) is 0.316. The van der Waals surface area contributed by atoms with E-state index < -0.39 is 26.0 Å². The third kappa shape index (κ3) is 4.37. The Labute approximate surface area is 181 Å². The minimum Gasteiger partial charge on any atom is -0.321 e. The molecule has 0 bridgehead atoms. The van der Waals surface area contributed by atoms with Gasteiger partial charge in [-0.05, 0) is 43.2 Å². The molecular weight excluding hydrogens is 450 g/mol. The van der Waals surface area contributed by atoms with Gasteiger partial charge in [0.05, 0.1) is 21.2 Å². The highest BCUT2D eigenvalue weighted by atomic mass is 35.5. The fourth-order valence-corrected chi connectivity index (χ4v) is 5.89. The van der Waals surface area contributed by atoms with Crippen LogP contribution in [-0.2, 0) is 20.0 Å². The Hall–Kier alpha value is -1.98. The maximum Gasteiger partial charge on any atom is 0.257 e. The number of hydrogen-bond acceptors (Lipinski definition) is 5. The van der Waals surface area contributed by atoms with Crippen molar-refractivity contribution in [2.75, 3.05) is 32.5 Å². The third-order valence-electron chi connectivity index (χ3n) is 4.78. The molecule has 1 aliphatic heterocycles. The van der Waals surface area contributed by atoms with Crippen LogP contribution in [0.15, 0.2) is 52.3 Å². The van der Waals surface area contributed by atoms with E-state index in [9.17, 15) is 21.6 Å². The average molecular weight is 472 g/mol. The van der Waals surface area contributed by atoms with Gasteiger partial charge < -0.3 is 5.32 Å². The summed E-state index contributed by atoms with van der Waals surface area (Å²) in [4.78, 5) is 12.8. The summed E-state index contributed by atoms with van der Waals surface area (Å²) in [7, 11) is -4.77. The molecule has 1 saturated heterocycles. The number of carbonyl (C=O) groups is 1. The number of nitrogens with one attached hydrogen (secondary N) is 1. The monoisotopic (exact) mass is 471 g/mol. The SMILES string of the molecule is CN(C)S(=O)(=O)c1ccccc1NC(=O)c1cc(S(=O)(=O)N2CCCC2)ccc1Cl. The van der Waals surface area contributed by atoms with Gasteiger partial charge in [-0.2, -0.15) is 4.31 Å². The molecule has 0 aromatic heterocycles. The lowest BCUT2D eigenvalue weighted by Crippen LogP contribution is -2.28. The zero-order chi connectivity index (χ0) is 22.1. The Morgan fingerprint density at radius 3 is 2.30 bits per heavy atom. The summed E-state index contributed by atoms with van der Waals surface area (Å²) >= 11 is 6.15. The quantitative estimate of drug-likeness (QED) is 0.697. The number of carbonyl (C=O) groups excluding carboxylic acids is 1. The van der Waals surface area contributed by atoms with Crippen LogP contribution in [0.3, 0.4) is 0 Å². The van der Waals surface area contributed by atoms with Crippen LogP contribution in [0.1, 0.15) is 23.2 Å². The van der Waals surface area contributed by atoms with Crippen LogP contribution in [0.2, 0.25) is 5.02 Å². The van der Waals surface area contributed by atoms with Crippen molar-refractivity contribution in [3.63, 3.8) is 0 Å². The zero-order valence-electron chi connectivity index (χ0n) is 16.5. The van der Waals surface area contributed by atoms with Crippen molar-refractivity contribution in [1.29, 1.82) is 0 Å².